The Morgan fingerprint density at radius 2 is 2.12 bits per heavy atom. The molecule has 0 aromatic rings. The van der Waals surface area contributed by atoms with Gasteiger partial charge in [0, 0.05) is 25.3 Å². The van der Waals surface area contributed by atoms with Crippen molar-refractivity contribution in [2.45, 2.75) is 77.4 Å². The fourth-order valence-corrected chi connectivity index (χ4v) is 4.74. The summed E-state index contributed by atoms with van der Waals surface area (Å²) in [5.41, 5.74) is 1.42. The lowest BCUT2D eigenvalue weighted by Crippen LogP contribution is -2.25. The summed E-state index contributed by atoms with van der Waals surface area (Å²) in [6.45, 7) is 4.11. The number of unbranched alkanes of at least 4 members (excludes halogenated alkanes) is 1. The van der Waals surface area contributed by atoms with Crippen LogP contribution >= 0.6 is 0 Å². The maximum atomic E-state index is 11.8. The molecule has 0 bridgehead atoms. The van der Waals surface area contributed by atoms with E-state index in [2.05, 4.69) is 28.0 Å². The molecule has 6 heteroatoms. The number of ether oxygens (including phenoxy) is 1. The number of methoxy groups -OCH3 is 1. The number of hydrogen-bond acceptors (Lipinski definition) is 5. The van der Waals surface area contributed by atoms with E-state index in [4.69, 9.17) is 0 Å². The second-order valence-corrected chi connectivity index (χ2v) is 9.10. The van der Waals surface area contributed by atoms with Gasteiger partial charge in [0.1, 0.15) is 0 Å². The van der Waals surface area contributed by atoms with Crippen LogP contribution in [0.15, 0.2) is 23.8 Å². The Bertz CT molecular complexity index is 747. The average Bonchev–Trinajstić information content (AvgIpc) is 3.29. The molecule has 2 aliphatic carbocycles. The Hall–Kier alpha value is -2.10. The molecule has 0 heterocycles. The van der Waals surface area contributed by atoms with Crippen LogP contribution in [0, 0.1) is 35.5 Å². The Morgan fingerprint density at radius 1 is 1.34 bits per heavy atom. The van der Waals surface area contributed by atoms with E-state index in [9.17, 15) is 19.8 Å². The van der Waals surface area contributed by atoms with Crippen LogP contribution in [0.25, 0.3) is 0 Å². The monoisotopic (exact) mass is 445 g/mol. The van der Waals surface area contributed by atoms with Gasteiger partial charge in [0.05, 0.1) is 25.7 Å². The van der Waals surface area contributed by atoms with Crippen molar-refractivity contribution >= 4 is 11.9 Å². The highest BCUT2D eigenvalue weighted by molar-refractivity contribution is 5.76. The van der Waals surface area contributed by atoms with E-state index in [0.29, 0.717) is 31.2 Å². The van der Waals surface area contributed by atoms with Gasteiger partial charge in [0.25, 0.3) is 0 Å². The lowest BCUT2D eigenvalue weighted by atomic mass is 9.88. The Balaban J connectivity index is 1.71. The predicted octanol–water partition coefficient (Wildman–Crippen LogP) is 3.14. The summed E-state index contributed by atoms with van der Waals surface area (Å²) in [4.78, 5) is 22.9. The number of carbonyl (C=O) groups excluding carboxylic acids is 2. The first-order valence-corrected chi connectivity index (χ1v) is 11.8. The van der Waals surface area contributed by atoms with Crippen LogP contribution in [-0.2, 0) is 14.3 Å². The number of nitrogens with one attached hydrogen (secondary N) is 1. The molecule has 1 amide bonds. The quantitative estimate of drug-likeness (QED) is 0.186. The van der Waals surface area contributed by atoms with Crippen LogP contribution < -0.4 is 5.32 Å². The van der Waals surface area contributed by atoms with Gasteiger partial charge in [0.2, 0.25) is 5.91 Å². The zero-order valence-corrected chi connectivity index (χ0v) is 19.7. The van der Waals surface area contributed by atoms with E-state index in [-0.39, 0.29) is 36.2 Å². The molecule has 32 heavy (non-hydrogen) atoms. The van der Waals surface area contributed by atoms with Crippen LogP contribution in [0.4, 0.5) is 0 Å². The lowest BCUT2D eigenvalue weighted by molar-refractivity contribution is -0.140. The van der Waals surface area contributed by atoms with Crippen molar-refractivity contribution in [3.63, 3.8) is 0 Å². The maximum Gasteiger partial charge on any atom is 0.307 e. The van der Waals surface area contributed by atoms with Gasteiger partial charge < -0.3 is 20.3 Å². The molecule has 178 valence electrons. The van der Waals surface area contributed by atoms with Gasteiger partial charge in [-0.2, -0.15) is 0 Å². The Kier molecular flexibility index (Phi) is 11.0. The molecule has 1 saturated carbocycles. The molecule has 0 spiro atoms. The van der Waals surface area contributed by atoms with Gasteiger partial charge in [-0.05, 0) is 56.8 Å². The summed E-state index contributed by atoms with van der Waals surface area (Å²) in [5.74, 6) is 6.47. The van der Waals surface area contributed by atoms with E-state index >= 15 is 0 Å². The van der Waals surface area contributed by atoms with E-state index in [1.54, 1.807) is 6.92 Å². The molecule has 0 radical (unpaired) electrons. The SMILES string of the molecule is CC#CC[C@@H](C)[C@H](O)/C=C/[C@@H]1[C@H]2CC(CCCCC(=O)NCCC(=O)OC)=C[C@H]2C[C@H]1O. The zero-order chi connectivity index (χ0) is 23.5. The first-order chi connectivity index (χ1) is 15.3. The molecule has 2 aliphatic rings. The van der Waals surface area contributed by atoms with Crippen molar-refractivity contribution in [1.82, 2.24) is 5.32 Å². The van der Waals surface area contributed by atoms with Gasteiger partial charge in [-0.25, -0.2) is 0 Å². The summed E-state index contributed by atoms with van der Waals surface area (Å²) in [6.07, 6.45) is 11.1. The summed E-state index contributed by atoms with van der Waals surface area (Å²) < 4.78 is 4.55. The molecule has 0 aromatic heterocycles. The predicted molar refractivity (Wildman–Crippen MR) is 124 cm³/mol. The molecular weight excluding hydrogens is 406 g/mol. The van der Waals surface area contributed by atoms with Crippen molar-refractivity contribution in [2.75, 3.05) is 13.7 Å². The minimum atomic E-state index is -0.547. The van der Waals surface area contributed by atoms with Crippen LogP contribution in [-0.4, -0.2) is 48.0 Å². The minimum Gasteiger partial charge on any atom is -0.469 e. The number of carbonyl (C=O) groups is 2. The summed E-state index contributed by atoms with van der Waals surface area (Å²) in [6, 6.07) is 0. The number of fused-ring (bicyclic) bond motifs is 1. The number of allylic oxidation sites excluding steroid dienone is 2. The van der Waals surface area contributed by atoms with E-state index in [1.807, 2.05) is 19.1 Å². The van der Waals surface area contributed by atoms with Crippen LogP contribution in [0.5, 0.6) is 0 Å². The van der Waals surface area contributed by atoms with Gasteiger partial charge in [0.15, 0.2) is 0 Å². The van der Waals surface area contributed by atoms with Crippen molar-refractivity contribution in [3.05, 3.63) is 23.8 Å². The van der Waals surface area contributed by atoms with Gasteiger partial charge >= 0.3 is 5.97 Å². The molecule has 6 atom stereocenters. The molecular formula is C26H39NO5. The Morgan fingerprint density at radius 3 is 2.84 bits per heavy atom. The number of aliphatic hydroxyl groups excluding tert-OH is 2. The minimum absolute atomic E-state index is 0.0304. The van der Waals surface area contributed by atoms with Crippen molar-refractivity contribution in [1.29, 1.82) is 0 Å². The molecule has 2 rings (SSSR count). The second kappa shape index (κ2) is 13.4. The Labute approximate surface area is 192 Å². The number of amides is 1. The fourth-order valence-electron chi connectivity index (χ4n) is 4.74. The van der Waals surface area contributed by atoms with E-state index in [0.717, 1.165) is 32.1 Å². The highest BCUT2D eigenvalue weighted by atomic mass is 16.5. The summed E-state index contributed by atoms with van der Waals surface area (Å²) in [7, 11) is 1.34. The fraction of sp³-hybridized carbons (Fsp3) is 0.692. The largest absolute Gasteiger partial charge is 0.469 e. The smallest absolute Gasteiger partial charge is 0.307 e. The lowest BCUT2D eigenvalue weighted by Gasteiger charge is -2.20. The first-order valence-electron chi connectivity index (χ1n) is 11.8. The molecule has 1 fully saturated rings. The average molecular weight is 446 g/mol. The maximum absolute atomic E-state index is 11.8. The van der Waals surface area contributed by atoms with Gasteiger partial charge in [-0.15, -0.1) is 11.8 Å². The highest BCUT2D eigenvalue weighted by Crippen LogP contribution is 2.48. The third-order valence-corrected chi connectivity index (χ3v) is 6.69. The molecule has 0 aromatic carbocycles. The van der Waals surface area contributed by atoms with Crippen LogP contribution in [0.2, 0.25) is 0 Å². The number of hydrogen-bond donors (Lipinski definition) is 3. The van der Waals surface area contributed by atoms with Crippen LogP contribution in [0.3, 0.4) is 0 Å². The molecule has 6 nitrogen and oxygen atoms in total. The third kappa shape index (κ3) is 8.11. The molecule has 0 unspecified atom stereocenters. The topological polar surface area (TPSA) is 95.9 Å². The molecule has 3 N–H and O–H groups in total. The summed E-state index contributed by atoms with van der Waals surface area (Å²) in [5, 5.41) is 23.6. The van der Waals surface area contributed by atoms with Gasteiger partial charge in [-0.1, -0.05) is 30.7 Å². The molecule has 0 saturated heterocycles. The number of esters is 1. The number of rotatable bonds is 12. The zero-order valence-electron chi connectivity index (χ0n) is 19.7. The van der Waals surface area contributed by atoms with Crippen LogP contribution in [0.1, 0.15) is 65.2 Å². The molecule has 0 aliphatic heterocycles. The van der Waals surface area contributed by atoms with Gasteiger partial charge in [-0.3, -0.25) is 9.59 Å². The standard InChI is InChI=1S/C26H39NO5/c1-4-5-8-18(2)23(28)12-11-21-22-16-19(15-20(22)17-24(21)29)9-6-7-10-25(30)27-14-13-26(31)32-3/h11-12,15,18,20-24,28-29H,6-10,13-14,16-17H2,1-3H3,(H,27,30)/b12-11+/t18-,20+,21-,22+,23-,24-/m1/s1. The van der Waals surface area contributed by atoms with E-state index < -0.39 is 6.10 Å². The van der Waals surface area contributed by atoms with Crippen molar-refractivity contribution < 1.29 is 24.5 Å². The van der Waals surface area contributed by atoms with Crippen molar-refractivity contribution in [2.24, 2.45) is 23.7 Å². The van der Waals surface area contributed by atoms with Crippen molar-refractivity contribution in [3.8, 4) is 11.8 Å². The first kappa shape index (κ1) is 26.2. The summed E-state index contributed by atoms with van der Waals surface area (Å²) >= 11 is 0. The third-order valence-electron chi connectivity index (χ3n) is 6.69. The van der Waals surface area contributed by atoms with E-state index in [1.165, 1.54) is 12.7 Å². The highest BCUT2D eigenvalue weighted by Gasteiger charge is 2.43. The second-order valence-electron chi connectivity index (χ2n) is 9.10. The number of aliphatic hydroxyl groups is 2. The normalized spacial score (nSPS) is 26.1.